The molecule has 2 aliphatic rings. The largest absolute Gasteiger partial charge is 0.310 e. The second-order valence-electron chi connectivity index (χ2n) is 5.58. The van der Waals surface area contributed by atoms with Crippen LogP contribution in [-0.2, 0) is 10.2 Å². The molecule has 0 radical (unpaired) electrons. The Morgan fingerprint density at radius 3 is 2.53 bits per heavy atom. The van der Waals surface area contributed by atoms with Gasteiger partial charge in [-0.05, 0) is 37.6 Å². The molecule has 1 saturated carbocycles. The van der Waals surface area contributed by atoms with Crippen LogP contribution < -0.4 is 4.90 Å². The summed E-state index contributed by atoms with van der Waals surface area (Å²) in [6.07, 6.45) is 2.06. The Hall–Kier alpha value is -1.35. The van der Waals surface area contributed by atoms with E-state index < -0.39 is 0 Å². The van der Waals surface area contributed by atoms with Gasteiger partial charge in [0.05, 0.1) is 5.41 Å². The number of benzene rings is 1. The third kappa shape index (κ3) is 1.88. The normalized spacial score (nSPS) is 19.3. The van der Waals surface area contributed by atoms with Gasteiger partial charge in [0.2, 0.25) is 5.91 Å². The molecule has 1 aromatic carbocycles. The predicted molar refractivity (Wildman–Crippen MR) is 77.5 cm³/mol. The second kappa shape index (κ2) is 4.64. The number of nitrogens with zero attached hydrogens (tertiary/aromatic N) is 2. The SMILES string of the molecule is CCN(CC)CCN1C(=O)C2(CC2)c2ccccc21. The topological polar surface area (TPSA) is 23.6 Å². The van der Waals surface area contributed by atoms with Gasteiger partial charge >= 0.3 is 0 Å². The zero-order valence-corrected chi connectivity index (χ0v) is 11.9. The van der Waals surface area contributed by atoms with Crippen LogP contribution >= 0.6 is 0 Å². The highest BCUT2D eigenvalue weighted by atomic mass is 16.2. The zero-order valence-electron chi connectivity index (χ0n) is 11.9. The van der Waals surface area contributed by atoms with Crippen molar-refractivity contribution in [2.75, 3.05) is 31.1 Å². The summed E-state index contributed by atoms with van der Waals surface area (Å²) in [5, 5.41) is 0. The first-order valence-electron chi connectivity index (χ1n) is 7.36. The van der Waals surface area contributed by atoms with Crippen molar-refractivity contribution in [2.24, 2.45) is 0 Å². The highest BCUT2D eigenvalue weighted by Crippen LogP contribution is 2.57. The monoisotopic (exact) mass is 258 g/mol. The number of fused-ring (bicyclic) bond motifs is 2. The van der Waals surface area contributed by atoms with Crippen LogP contribution in [0.3, 0.4) is 0 Å². The van der Waals surface area contributed by atoms with Gasteiger partial charge in [0.15, 0.2) is 0 Å². The Bertz CT molecular complexity index is 489. The predicted octanol–water partition coefficient (Wildman–Crippen LogP) is 2.41. The van der Waals surface area contributed by atoms with Gasteiger partial charge in [0.1, 0.15) is 0 Å². The zero-order chi connectivity index (χ0) is 13.5. The lowest BCUT2D eigenvalue weighted by atomic mass is 9.98. The molecule has 1 aliphatic heterocycles. The van der Waals surface area contributed by atoms with Crippen molar-refractivity contribution >= 4 is 11.6 Å². The van der Waals surface area contributed by atoms with E-state index >= 15 is 0 Å². The molecule has 0 atom stereocenters. The van der Waals surface area contributed by atoms with E-state index in [1.54, 1.807) is 0 Å². The van der Waals surface area contributed by atoms with Crippen molar-refractivity contribution < 1.29 is 4.79 Å². The van der Waals surface area contributed by atoms with Gasteiger partial charge in [-0.3, -0.25) is 4.79 Å². The second-order valence-corrected chi connectivity index (χ2v) is 5.58. The minimum Gasteiger partial charge on any atom is -0.310 e. The highest BCUT2D eigenvalue weighted by molar-refractivity contribution is 6.10. The molecule has 0 N–H and O–H groups in total. The molecule has 19 heavy (non-hydrogen) atoms. The van der Waals surface area contributed by atoms with Gasteiger partial charge in [-0.2, -0.15) is 0 Å². The van der Waals surface area contributed by atoms with Gasteiger partial charge < -0.3 is 9.80 Å². The summed E-state index contributed by atoms with van der Waals surface area (Å²) in [4.78, 5) is 17.0. The van der Waals surface area contributed by atoms with Crippen molar-refractivity contribution in [3.8, 4) is 0 Å². The Morgan fingerprint density at radius 2 is 1.89 bits per heavy atom. The lowest BCUT2D eigenvalue weighted by Crippen LogP contribution is -2.39. The molecule has 102 valence electrons. The van der Waals surface area contributed by atoms with Crippen LogP contribution in [0.4, 0.5) is 5.69 Å². The molecule has 3 nitrogen and oxygen atoms in total. The number of likely N-dealkylation sites (N-methyl/N-ethyl adjacent to an activating group) is 1. The molecular formula is C16H22N2O. The lowest BCUT2D eigenvalue weighted by Gasteiger charge is -2.23. The minimum atomic E-state index is -0.139. The molecule has 1 fully saturated rings. The average molecular weight is 258 g/mol. The highest BCUT2D eigenvalue weighted by Gasteiger charge is 2.58. The lowest BCUT2D eigenvalue weighted by molar-refractivity contribution is -0.120. The van der Waals surface area contributed by atoms with E-state index in [2.05, 4.69) is 36.9 Å². The van der Waals surface area contributed by atoms with Crippen LogP contribution in [0.5, 0.6) is 0 Å². The Morgan fingerprint density at radius 1 is 1.21 bits per heavy atom. The quantitative estimate of drug-likeness (QED) is 0.809. The molecule has 0 bridgehead atoms. The Kier molecular flexibility index (Phi) is 3.09. The Labute approximate surface area is 115 Å². The molecular weight excluding hydrogens is 236 g/mol. The number of carbonyl (C=O) groups is 1. The number of para-hydroxylation sites is 1. The first-order valence-corrected chi connectivity index (χ1v) is 7.36. The molecule has 1 heterocycles. The molecule has 0 saturated heterocycles. The summed E-state index contributed by atoms with van der Waals surface area (Å²) in [6.45, 7) is 8.22. The fourth-order valence-electron chi connectivity index (χ4n) is 3.21. The van der Waals surface area contributed by atoms with E-state index in [4.69, 9.17) is 0 Å². The third-order valence-corrected chi connectivity index (χ3v) is 4.65. The summed E-state index contributed by atoms with van der Waals surface area (Å²) < 4.78 is 0. The number of hydrogen-bond donors (Lipinski definition) is 0. The van der Waals surface area contributed by atoms with E-state index in [9.17, 15) is 4.79 Å². The number of carbonyl (C=O) groups excluding carboxylic acids is 1. The van der Waals surface area contributed by atoms with E-state index in [0.29, 0.717) is 5.91 Å². The minimum absolute atomic E-state index is 0.139. The number of anilines is 1. The molecule has 1 spiro atoms. The average Bonchev–Trinajstić information content (AvgIpc) is 3.21. The van der Waals surface area contributed by atoms with Crippen LogP contribution in [0.15, 0.2) is 24.3 Å². The molecule has 3 rings (SSSR count). The number of hydrogen-bond acceptors (Lipinski definition) is 2. The van der Waals surface area contributed by atoms with E-state index in [0.717, 1.165) is 44.7 Å². The maximum absolute atomic E-state index is 12.6. The van der Waals surface area contributed by atoms with Crippen molar-refractivity contribution in [3.05, 3.63) is 29.8 Å². The van der Waals surface area contributed by atoms with Gasteiger partial charge in [0.25, 0.3) is 0 Å². The summed E-state index contributed by atoms with van der Waals surface area (Å²) in [5.74, 6) is 0.334. The van der Waals surface area contributed by atoms with Gasteiger partial charge in [0, 0.05) is 18.8 Å². The summed E-state index contributed by atoms with van der Waals surface area (Å²) >= 11 is 0. The summed E-state index contributed by atoms with van der Waals surface area (Å²) in [5.41, 5.74) is 2.27. The van der Waals surface area contributed by atoms with Crippen LogP contribution in [-0.4, -0.2) is 37.0 Å². The van der Waals surface area contributed by atoms with Crippen LogP contribution in [0.25, 0.3) is 0 Å². The van der Waals surface area contributed by atoms with E-state index in [-0.39, 0.29) is 5.41 Å². The van der Waals surface area contributed by atoms with Gasteiger partial charge in [-0.15, -0.1) is 0 Å². The van der Waals surface area contributed by atoms with Gasteiger partial charge in [-0.1, -0.05) is 32.0 Å². The standard InChI is InChI=1S/C16H22N2O/c1-3-17(4-2)11-12-18-14-8-6-5-7-13(14)16(9-10-16)15(18)19/h5-8H,3-4,9-12H2,1-2H3. The third-order valence-electron chi connectivity index (χ3n) is 4.65. The van der Waals surface area contributed by atoms with E-state index in [1.165, 1.54) is 5.56 Å². The van der Waals surface area contributed by atoms with Crippen molar-refractivity contribution in [1.29, 1.82) is 0 Å². The first kappa shape index (κ1) is 12.7. The molecule has 1 aliphatic carbocycles. The molecule has 0 unspecified atom stereocenters. The smallest absolute Gasteiger partial charge is 0.237 e. The van der Waals surface area contributed by atoms with Crippen LogP contribution in [0.2, 0.25) is 0 Å². The van der Waals surface area contributed by atoms with Crippen LogP contribution in [0.1, 0.15) is 32.3 Å². The molecule has 1 amide bonds. The van der Waals surface area contributed by atoms with E-state index in [1.807, 2.05) is 11.0 Å². The summed E-state index contributed by atoms with van der Waals surface area (Å²) in [6, 6.07) is 8.33. The number of rotatable bonds is 5. The Balaban J connectivity index is 1.81. The van der Waals surface area contributed by atoms with Crippen molar-refractivity contribution in [1.82, 2.24) is 4.90 Å². The summed E-state index contributed by atoms with van der Waals surface area (Å²) in [7, 11) is 0. The number of amides is 1. The molecule has 1 aromatic rings. The fraction of sp³-hybridized carbons (Fsp3) is 0.562. The maximum atomic E-state index is 12.6. The van der Waals surface area contributed by atoms with Crippen molar-refractivity contribution in [2.45, 2.75) is 32.1 Å². The van der Waals surface area contributed by atoms with Crippen molar-refractivity contribution in [3.63, 3.8) is 0 Å². The van der Waals surface area contributed by atoms with Crippen LogP contribution in [0, 0.1) is 0 Å². The molecule has 0 aromatic heterocycles. The first-order chi connectivity index (χ1) is 9.23. The maximum Gasteiger partial charge on any atom is 0.237 e. The van der Waals surface area contributed by atoms with Gasteiger partial charge in [-0.25, -0.2) is 0 Å². The molecule has 3 heteroatoms. The fourth-order valence-corrected chi connectivity index (χ4v) is 3.21.